The molecule has 0 aliphatic heterocycles. The first-order valence-electron chi connectivity index (χ1n) is 14.9. The third-order valence-electron chi connectivity index (χ3n) is 11.7. The Labute approximate surface area is 250 Å². The van der Waals surface area contributed by atoms with Gasteiger partial charge in [0.05, 0.1) is 0 Å². The number of carbonyl (C=O) groups is 4. The Hall–Kier alpha value is -2.35. The van der Waals surface area contributed by atoms with Gasteiger partial charge in [0, 0.05) is 17.8 Å². The number of hydrogen-bond donors (Lipinski definition) is 0. The fraction of sp³-hybridized carbons (Fsp3) is 0.862. The lowest BCUT2D eigenvalue weighted by molar-refractivity contribution is -0.218. The first-order valence-corrected chi connectivity index (χ1v) is 16.3. The molecule has 3 unspecified atom stereocenters. The summed E-state index contributed by atoms with van der Waals surface area (Å²) < 4.78 is 80.2. The summed E-state index contributed by atoms with van der Waals surface area (Å²) in [7, 11) is -5.97. The minimum atomic E-state index is -5.97. The van der Waals surface area contributed by atoms with Gasteiger partial charge in [-0.1, -0.05) is 20.8 Å². The van der Waals surface area contributed by atoms with Crippen LogP contribution in [-0.2, 0) is 48.2 Å². The van der Waals surface area contributed by atoms with Gasteiger partial charge in [-0.15, -0.1) is 0 Å². The molecular weight excluding hydrogens is 594 g/mol. The predicted octanol–water partition coefficient (Wildman–Crippen LogP) is 3.59. The monoisotopic (exact) mass is 635 g/mol. The second kappa shape index (κ2) is 12.6. The Kier molecular flexibility index (Phi) is 9.80. The van der Waals surface area contributed by atoms with E-state index in [0.29, 0.717) is 38.7 Å². The highest BCUT2D eigenvalue weighted by atomic mass is 32.2. The first kappa shape index (κ1) is 33.5. The van der Waals surface area contributed by atoms with E-state index >= 15 is 0 Å². The van der Waals surface area contributed by atoms with Gasteiger partial charge in [0.2, 0.25) is 0 Å². The van der Waals surface area contributed by atoms with Crippen LogP contribution in [0, 0.1) is 46.3 Å². The number of fused-ring (bicyclic) bond motifs is 5. The van der Waals surface area contributed by atoms with E-state index < -0.39 is 39.5 Å². The maximum absolute atomic E-state index is 13.4. The fourth-order valence-corrected chi connectivity index (χ4v) is 9.81. The first-order chi connectivity index (χ1) is 20.1. The third kappa shape index (κ3) is 6.14. The lowest BCUT2D eigenvalue weighted by Gasteiger charge is -2.64. The van der Waals surface area contributed by atoms with Crippen LogP contribution < -0.4 is 0 Å². The lowest BCUT2D eigenvalue weighted by Crippen LogP contribution is -2.63. The molecule has 244 valence electrons. The van der Waals surface area contributed by atoms with Crippen molar-refractivity contribution in [3.63, 3.8) is 0 Å². The lowest BCUT2D eigenvalue weighted by atomic mass is 9.43. The predicted molar refractivity (Wildman–Crippen MR) is 143 cm³/mol. The molecule has 14 heteroatoms. The molecule has 0 aromatic heterocycles. The summed E-state index contributed by atoms with van der Waals surface area (Å²) >= 11 is 0. The van der Waals surface area contributed by atoms with E-state index in [9.17, 15) is 40.9 Å². The van der Waals surface area contributed by atoms with Gasteiger partial charge in [0.25, 0.3) is 19.4 Å². The van der Waals surface area contributed by atoms with Crippen LogP contribution in [0.3, 0.4) is 0 Å². The number of carbonyl (C=O) groups excluding carboxylic acids is 4. The number of rotatable bonds is 13. The van der Waals surface area contributed by atoms with Crippen molar-refractivity contribution in [3.05, 3.63) is 0 Å². The molecule has 0 bridgehead atoms. The van der Waals surface area contributed by atoms with Crippen molar-refractivity contribution in [1.29, 1.82) is 0 Å². The van der Waals surface area contributed by atoms with Gasteiger partial charge in [0.15, 0.2) is 16.7 Å². The van der Waals surface area contributed by atoms with Crippen LogP contribution in [0.15, 0.2) is 0 Å². The normalized spacial score (nSPS) is 39.7. The van der Waals surface area contributed by atoms with E-state index in [4.69, 9.17) is 14.2 Å². The summed E-state index contributed by atoms with van der Waals surface area (Å²) in [4.78, 5) is 46.7. The topological polar surface area (TPSA) is 162 Å². The van der Waals surface area contributed by atoms with Gasteiger partial charge in [-0.2, -0.15) is 8.78 Å². The number of esters is 1. The van der Waals surface area contributed by atoms with E-state index in [0.717, 1.165) is 25.7 Å². The van der Waals surface area contributed by atoms with Crippen LogP contribution in [0.5, 0.6) is 0 Å². The summed E-state index contributed by atoms with van der Waals surface area (Å²) in [5.41, 5.74) is -0.671. The number of ether oxygens (including phenoxy) is 4. The number of halogens is 2. The maximum Gasteiger partial charge on any atom is 0.367 e. The fourth-order valence-electron chi connectivity index (χ4n) is 9.60. The minimum Gasteiger partial charge on any atom is -0.743 e. The molecule has 0 amide bonds. The quantitative estimate of drug-likeness (QED) is 0.126. The van der Waals surface area contributed by atoms with Gasteiger partial charge < -0.3 is 23.5 Å². The Morgan fingerprint density at radius 3 is 2.30 bits per heavy atom. The van der Waals surface area contributed by atoms with Crippen molar-refractivity contribution >= 4 is 35.5 Å². The molecule has 0 aromatic carbocycles. The van der Waals surface area contributed by atoms with Crippen molar-refractivity contribution in [2.75, 3.05) is 6.61 Å². The van der Waals surface area contributed by atoms with E-state index in [1.807, 2.05) is 6.92 Å². The zero-order valence-electron chi connectivity index (χ0n) is 24.7. The van der Waals surface area contributed by atoms with Crippen LogP contribution in [-0.4, -0.2) is 68.5 Å². The third-order valence-corrected chi connectivity index (χ3v) is 12.6. The molecule has 11 nitrogen and oxygen atoms in total. The summed E-state index contributed by atoms with van der Waals surface area (Å²) in [5.74, 6) is -0.941. The van der Waals surface area contributed by atoms with Gasteiger partial charge in [-0.05, 0) is 86.4 Å². The van der Waals surface area contributed by atoms with E-state index in [2.05, 4.69) is 18.6 Å². The zero-order chi connectivity index (χ0) is 31.8. The smallest absolute Gasteiger partial charge is 0.367 e. The standard InChI is InChI=1S/C29H42F2O11S/c1-17(4-7-25(35)39-13-29(30,31)43(36,37)38)20-5-6-21-26-22(12-24(42-16-34)28(20,21)3)27(2)9-8-19(40-14-32)10-18(27)11-23(26)41-15-33/h14-24,26H,4-13H2,1-3H3,(H,36,37,38)/p-1/t17-,18+,19?,20-,21+,22+,23?,24?,26+,27+,28-/m1/s1. The van der Waals surface area contributed by atoms with Gasteiger partial charge in [0.1, 0.15) is 18.3 Å². The molecule has 0 aromatic rings. The van der Waals surface area contributed by atoms with Gasteiger partial charge in [-0.25, -0.2) is 8.42 Å². The molecule has 0 saturated heterocycles. The van der Waals surface area contributed by atoms with Gasteiger partial charge in [-0.3, -0.25) is 19.2 Å². The Bertz CT molecular complexity index is 1170. The SMILES string of the molecule is C[C@H](CCC(=O)OCC(F)(F)S(=O)(=O)[O-])[C@H]1CC[C@H]2[C@@H]3C(OC=O)C[C@@H]4CC(OC=O)CC[C@]4(C)[C@H]3CC(OC=O)[C@]12C. The van der Waals surface area contributed by atoms with Crippen molar-refractivity contribution < 1.29 is 59.9 Å². The highest BCUT2D eigenvalue weighted by molar-refractivity contribution is 7.86. The molecule has 0 spiro atoms. The van der Waals surface area contributed by atoms with Crippen molar-refractivity contribution in [2.45, 2.75) is 102 Å². The molecule has 4 aliphatic rings. The Balaban J connectivity index is 1.54. The molecule has 0 N–H and O–H groups in total. The molecular formula is C29H41F2O11S-. The summed E-state index contributed by atoms with van der Waals surface area (Å²) in [6, 6.07) is 0. The van der Waals surface area contributed by atoms with Gasteiger partial charge >= 0.3 is 11.2 Å². The number of alkyl halides is 2. The van der Waals surface area contributed by atoms with Crippen LogP contribution >= 0.6 is 0 Å². The average molecular weight is 636 g/mol. The largest absolute Gasteiger partial charge is 0.743 e. The molecule has 4 aliphatic carbocycles. The molecule has 43 heavy (non-hydrogen) atoms. The summed E-state index contributed by atoms with van der Waals surface area (Å²) in [5, 5.41) is -4.71. The average Bonchev–Trinajstić information content (AvgIpc) is 3.29. The molecule has 0 heterocycles. The van der Waals surface area contributed by atoms with E-state index in [-0.39, 0.29) is 66.0 Å². The summed E-state index contributed by atoms with van der Waals surface area (Å²) in [6.07, 6.45) is 3.90. The van der Waals surface area contributed by atoms with E-state index in [1.54, 1.807) is 0 Å². The molecule has 4 rings (SSSR count). The molecule has 4 fully saturated rings. The minimum absolute atomic E-state index is 0.00456. The highest BCUT2D eigenvalue weighted by Crippen LogP contribution is 2.69. The van der Waals surface area contributed by atoms with Crippen LogP contribution in [0.2, 0.25) is 0 Å². The second-order valence-corrected chi connectivity index (χ2v) is 14.9. The van der Waals surface area contributed by atoms with Crippen LogP contribution in [0.25, 0.3) is 0 Å². The van der Waals surface area contributed by atoms with Crippen LogP contribution in [0.4, 0.5) is 8.78 Å². The maximum atomic E-state index is 13.4. The van der Waals surface area contributed by atoms with Crippen molar-refractivity contribution in [1.82, 2.24) is 0 Å². The van der Waals surface area contributed by atoms with Crippen molar-refractivity contribution in [2.24, 2.45) is 46.3 Å². The Morgan fingerprint density at radius 1 is 1.00 bits per heavy atom. The highest BCUT2D eigenvalue weighted by Gasteiger charge is 2.67. The zero-order valence-corrected chi connectivity index (χ0v) is 25.5. The molecule has 0 radical (unpaired) electrons. The van der Waals surface area contributed by atoms with Crippen molar-refractivity contribution in [3.8, 4) is 0 Å². The molecule has 4 saturated carbocycles. The Morgan fingerprint density at radius 2 is 1.67 bits per heavy atom. The summed E-state index contributed by atoms with van der Waals surface area (Å²) in [6.45, 7) is 5.84. The van der Waals surface area contributed by atoms with E-state index in [1.165, 1.54) is 0 Å². The number of hydrogen-bond acceptors (Lipinski definition) is 11. The van der Waals surface area contributed by atoms with Crippen LogP contribution in [0.1, 0.15) is 78.6 Å². The second-order valence-electron chi connectivity index (χ2n) is 13.4. The molecule has 11 atom stereocenters.